The molecule has 1 aliphatic carbocycles. The van der Waals surface area contributed by atoms with Gasteiger partial charge >= 0.3 is 0 Å². The van der Waals surface area contributed by atoms with Crippen LogP contribution in [0.3, 0.4) is 0 Å². The molecule has 2 heterocycles. The van der Waals surface area contributed by atoms with Crippen molar-refractivity contribution in [1.82, 2.24) is 20.5 Å². The van der Waals surface area contributed by atoms with Crippen LogP contribution in [0.2, 0.25) is 0 Å². The fraction of sp³-hybridized carbons (Fsp3) is 0.100. The number of phenols is 1. The number of nitrogens with zero attached hydrogens (tertiary/aromatic N) is 2. The van der Waals surface area contributed by atoms with Gasteiger partial charge in [-0.3, -0.25) is 14.9 Å². The molecular weight excluding hydrogens is 464 g/mol. The summed E-state index contributed by atoms with van der Waals surface area (Å²) in [5, 5.41) is 20.3. The molecule has 37 heavy (non-hydrogen) atoms. The first kappa shape index (κ1) is 22.5. The lowest BCUT2D eigenvalue weighted by molar-refractivity contribution is 0.0948. The van der Waals surface area contributed by atoms with E-state index in [0.29, 0.717) is 24.3 Å². The second-order valence-electron chi connectivity index (χ2n) is 8.97. The van der Waals surface area contributed by atoms with Crippen molar-refractivity contribution < 1.29 is 14.6 Å². The minimum atomic E-state index is -0.185. The van der Waals surface area contributed by atoms with Gasteiger partial charge in [-0.05, 0) is 58.7 Å². The topological polar surface area (TPSA) is 100 Å². The summed E-state index contributed by atoms with van der Waals surface area (Å²) in [7, 11) is 1.57. The van der Waals surface area contributed by atoms with Gasteiger partial charge in [0.25, 0.3) is 5.91 Å². The van der Waals surface area contributed by atoms with Crippen LogP contribution in [0.15, 0.2) is 85.2 Å². The number of aromatic nitrogens is 3. The number of nitrogens with one attached hydrogen (secondary N) is 2. The van der Waals surface area contributed by atoms with Gasteiger partial charge in [-0.1, -0.05) is 36.4 Å². The van der Waals surface area contributed by atoms with Gasteiger partial charge in [-0.15, -0.1) is 0 Å². The third kappa shape index (κ3) is 4.21. The van der Waals surface area contributed by atoms with E-state index in [2.05, 4.69) is 44.8 Å². The summed E-state index contributed by atoms with van der Waals surface area (Å²) in [5.41, 5.74) is 9.59. The summed E-state index contributed by atoms with van der Waals surface area (Å²) < 4.78 is 5.59. The van der Waals surface area contributed by atoms with Crippen LogP contribution in [-0.4, -0.2) is 33.3 Å². The number of pyridine rings is 1. The van der Waals surface area contributed by atoms with E-state index in [0.717, 1.165) is 50.3 Å². The molecule has 7 nitrogen and oxygen atoms in total. The van der Waals surface area contributed by atoms with Crippen LogP contribution in [0, 0.1) is 0 Å². The second-order valence-corrected chi connectivity index (χ2v) is 8.97. The number of methoxy groups -OCH3 is 1. The number of carbonyl (C=O) groups is 1. The lowest BCUT2D eigenvalue weighted by atomic mass is 10.0. The van der Waals surface area contributed by atoms with Crippen molar-refractivity contribution in [3.05, 3.63) is 107 Å². The number of ether oxygens (including phenoxy) is 1. The Morgan fingerprint density at radius 3 is 2.35 bits per heavy atom. The van der Waals surface area contributed by atoms with Crippen molar-refractivity contribution in [2.45, 2.75) is 13.0 Å². The number of fused-ring (bicyclic) bond motifs is 3. The molecule has 0 fully saturated rings. The number of phenolic OH excluding ortho intramolecular Hbond substituents is 1. The van der Waals surface area contributed by atoms with Gasteiger partial charge in [0.1, 0.15) is 11.5 Å². The largest absolute Gasteiger partial charge is 0.508 e. The van der Waals surface area contributed by atoms with E-state index in [1.54, 1.807) is 31.6 Å². The van der Waals surface area contributed by atoms with Crippen LogP contribution < -0.4 is 10.1 Å². The molecule has 0 saturated carbocycles. The Bertz CT molecular complexity index is 1590. The third-order valence-electron chi connectivity index (χ3n) is 6.74. The van der Waals surface area contributed by atoms with Gasteiger partial charge in [-0.2, -0.15) is 5.10 Å². The van der Waals surface area contributed by atoms with E-state index in [1.807, 2.05) is 36.4 Å². The monoisotopic (exact) mass is 488 g/mol. The van der Waals surface area contributed by atoms with Crippen molar-refractivity contribution in [3.63, 3.8) is 0 Å². The predicted octanol–water partition coefficient (Wildman–Crippen LogP) is 5.35. The fourth-order valence-electron chi connectivity index (χ4n) is 4.79. The first-order valence-electron chi connectivity index (χ1n) is 12.0. The quantitative estimate of drug-likeness (QED) is 0.293. The van der Waals surface area contributed by atoms with E-state index < -0.39 is 0 Å². The molecule has 6 rings (SSSR count). The summed E-state index contributed by atoms with van der Waals surface area (Å²) >= 11 is 0. The molecule has 1 amide bonds. The minimum absolute atomic E-state index is 0.185. The van der Waals surface area contributed by atoms with Gasteiger partial charge < -0.3 is 15.2 Å². The fourth-order valence-corrected chi connectivity index (χ4v) is 4.79. The Kier molecular flexibility index (Phi) is 5.65. The first-order valence-corrected chi connectivity index (χ1v) is 12.0. The zero-order chi connectivity index (χ0) is 25.4. The highest BCUT2D eigenvalue weighted by atomic mass is 16.5. The molecule has 0 atom stereocenters. The Morgan fingerprint density at radius 2 is 1.65 bits per heavy atom. The summed E-state index contributed by atoms with van der Waals surface area (Å²) in [6, 6.07) is 23.0. The molecular formula is C30H24N4O3. The average molecular weight is 489 g/mol. The Morgan fingerprint density at radius 1 is 0.973 bits per heavy atom. The van der Waals surface area contributed by atoms with Crippen LogP contribution >= 0.6 is 0 Å². The van der Waals surface area contributed by atoms with Crippen LogP contribution in [0.4, 0.5) is 0 Å². The Balaban J connectivity index is 1.26. The van der Waals surface area contributed by atoms with Crippen molar-refractivity contribution in [2.24, 2.45) is 0 Å². The number of rotatable bonds is 6. The summed E-state index contributed by atoms with van der Waals surface area (Å²) in [5.74, 6) is 0.585. The van der Waals surface area contributed by atoms with Crippen molar-refractivity contribution in [2.75, 3.05) is 7.11 Å². The molecule has 3 N–H and O–H groups in total. The summed E-state index contributed by atoms with van der Waals surface area (Å²) in [6.07, 6.45) is 4.08. The molecule has 0 aliphatic heterocycles. The first-order chi connectivity index (χ1) is 18.1. The van der Waals surface area contributed by atoms with Crippen molar-refractivity contribution >= 4 is 5.91 Å². The standard InChI is InChI=1S/C30H24N4O3/c1-37-27-16-24-22(14-25(27)30(36)32-17-18-10-12-31-13-11-18)15-26-28(33-34-29(24)26)21-4-2-19(3-5-21)20-6-8-23(35)9-7-20/h2-14,16,35H,15,17H2,1H3,(H,32,36)(H,33,34). The molecule has 0 unspecified atom stereocenters. The van der Waals surface area contributed by atoms with Gasteiger partial charge in [-0.25, -0.2) is 0 Å². The smallest absolute Gasteiger partial charge is 0.255 e. The number of aromatic amines is 1. The predicted molar refractivity (Wildman–Crippen MR) is 141 cm³/mol. The lowest BCUT2D eigenvalue weighted by Gasteiger charge is -2.12. The average Bonchev–Trinajstić information content (AvgIpc) is 3.51. The zero-order valence-electron chi connectivity index (χ0n) is 20.2. The second kappa shape index (κ2) is 9.28. The van der Waals surface area contributed by atoms with Gasteiger partial charge in [0.15, 0.2) is 0 Å². The molecule has 7 heteroatoms. The zero-order valence-corrected chi connectivity index (χ0v) is 20.2. The maximum atomic E-state index is 13.0. The maximum absolute atomic E-state index is 13.0. The van der Waals surface area contributed by atoms with E-state index in [1.165, 1.54) is 0 Å². The van der Waals surface area contributed by atoms with E-state index in [9.17, 15) is 9.90 Å². The van der Waals surface area contributed by atoms with Crippen LogP contribution in [-0.2, 0) is 13.0 Å². The number of hydrogen-bond donors (Lipinski definition) is 3. The van der Waals surface area contributed by atoms with Crippen LogP contribution in [0.25, 0.3) is 33.6 Å². The molecule has 182 valence electrons. The van der Waals surface area contributed by atoms with Gasteiger partial charge in [0.2, 0.25) is 0 Å². The molecule has 0 spiro atoms. The molecule has 3 aromatic carbocycles. The number of hydrogen-bond acceptors (Lipinski definition) is 5. The van der Waals surface area contributed by atoms with E-state index >= 15 is 0 Å². The maximum Gasteiger partial charge on any atom is 0.255 e. The van der Waals surface area contributed by atoms with E-state index in [4.69, 9.17) is 4.74 Å². The number of benzene rings is 3. The highest BCUT2D eigenvalue weighted by Gasteiger charge is 2.28. The number of H-pyrrole nitrogens is 1. The van der Waals surface area contributed by atoms with Crippen molar-refractivity contribution in [3.8, 4) is 45.1 Å². The number of carbonyl (C=O) groups excluding carboxylic acids is 1. The highest BCUT2D eigenvalue weighted by Crippen LogP contribution is 2.43. The third-order valence-corrected chi connectivity index (χ3v) is 6.74. The molecule has 1 aliphatic rings. The normalized spacial score (nSPS) is 11.6. The summed E-state index contributed by atoms with van der Waals surface area (Å²) in [4.78, 5) is 17.0. The SMILES string of the molecule is COc1cc2c(cc1C(=O)NCc1ccncc1)Cc1c(-c3ccc(-c4ccc(O)cc4)cc3)n[nH]c1-2. The van der Waals surface area contributed by atoms with Gasteiger partial charge in [0.05, 0.1) is 24.1 Å². The Labute approximate surface area is 213 Å². The molecule has 0 radical (unpaired) electrons. The summed E-state index contributed by atoms with van der Waals surface area (Å²) in [6.45, 7) is 0.412. The lowest BCUT2D eigenvalue weighted by Crippen LogP contribution is -2.23. The Hall–Kier alpha value is -4.91. The van der Waals surface area contributed by atoms with Crippen LogP contribution in [0.5, 0.6) is 11.5 Å². The van der Waals surface area contributed by atoms with E-state index in [-0.39, 0.29) is 11.7 Å². The molecule has 5 aromatic rings. The number of amides is 1. The van der Waals surface area contributed by atoms with Crippen molar-refractivity contribution in [1.29, 1.82) is 0 Å². The van der Waals surface area contributed by atoms with Gasteiger partial charge in [0, 0.05) is 42.0 Å². The van der Waals surface area contributed by atoms with Crippen LogP contribution in [0.1, 0.15) is 27.0 Å². The molecule has 2 aromatic heterocycles. The molecule has 0 saturated heterocycles. The number of aromatic hydroxyl groups is 1. The highest BCUT2D eigenvalue weighted by molar-refractivity contribution is 5.99. The minimum Gasteiger partial charge on any atom is -0.508 e. The molecule has 0 bridgehead atoms.